The summed E-state index contributed by atoms with van der Waals surface area (Å²) in [6.07, 6.45) is 12.6. The van der Waals surface area contributed by atoms with Crippen molar-refractivity contribution in [1.29, 1.82) is 0 Å². The molecule has 0 spiro atoms. The molecule has 0 aromatic heterocycles. The van der Waals surface area contributed by atoms with Gasteiger partial charge in [-0.3, -0.25) is 0 Å². The topological polar surface area (TPSA) is 18.5 Å². The molecule has 2 nitrogen and oxygen atoms in total. The summed E-state index contributed by atoms with van der Waals surface area (Å²) in [5.74, 6) is 3.78. The first-order valence-corrected chi connectivity index (χ1v) is 10.7. The fraction of sp³-hybridized carbons (Fsp3) is 1.00. The van der Waals surface area contributed by atoms with E-state index in [2.05, 4.69) is 34.6 Å². The van der Waals surface area contributed by atoms with Crippen molar-refractivity contribution in [3.05, 3.63) is 0 Å². The Labute approximate surface area is 150 Å². The van der Waals surface area contributed by atoms with Crippen LogP contribution in [0.25, 0.3) is 0 Å². The summed E-state index contributed by atoms with van der Waals surface area (Å²) in [5.41, 5.74) is 0. The predicted molar refractivity (Wildman–Crippen MR) is 100 cm³/mol. The quantitative estimate of drug-likeness (QED) is 0.554. The summed E-state index contributed by atoms with van der Waals surface area (Å²) in [4.78, 5) is 0. The van der Waals surface area contributed by atoms with E-state index in [0.29, 0.717) is 42.2 Å². The molecule has 3 saturated carbocycles. The average molecular weight is 337 g/mol. The minimum absolute atomic E-state index is 0.375. The van der Waals surface area contributed by atoms with Crippen LogP contribution in [0.2, 0.25) is 0 Å². The summed E-state index contributed by atoms with van der Waals surface area (Å²) in [7, 11) is 0. The molecule has 7 atom stereocenters. The van der Waals surface area contributed by atoms with Crippen LogP contribution in [0.4, 0.5) is 0 Å². The van der Waals surface area contributed by atoms with E-state index < -0.39 is 0 Å². The Hall–Kier alpha value is -0.0800. The van der Waals surface area contributed by atoms with E-state index in [1.165, 1.54) is 51.4 Å². The fourth-order valence-electron chi connectivity index (χ4n) is 5.25. The van der Waals surface area contributed by atoms with Crippen LogP contribution in [0.15, 0.2) is 0 Å². The lowest BCUT2D eigenvalue weighted by atomic mass is 9.91. The van der Waals surface area contributed by atoms with Crippen LogP contribution in [0.1, 0.15) is 86.0 Å². The summed E-state index contributed by atoms with van der Waals surface area (Å²) in [5, 5.41) is 0. The Morgan fingerprint density at radius 2 is 1.58 bits per heavy atom. The second-order valence-electron chi connectivity index (χ2n) is 9.68. The smallest absolute Gasteiger partial charge is 0.0609 e. The van der Waals surface area contributed by atoms with E-state index in [1.807, 2.05) is 0 Å². The Kier molecular flexibility index (Phi) is 6.30. The zero-order valence-corrected chi connectivity index (χ0v) is 16.7. The fourth-order valence-corrected chi connectivity index (χ4v) is 5.25. The molecular formula is C22H40O2. The van der Waals surface area contributed by atoms with E-state index in [-0.39, 0.29) is 0 Å². The van der Waals surface area contributed by atoms with Gasteiger partial charge in [-0.05, 0) is 81.5 Å². The molecule has 3 aliphatic carbocycles. The van der Waals surface area contributed by atoms with E-state index in [0.717, 1.165) is 11.8 Å². The first-order chi connectivity index (χ1) is 11.4. The van der Waals surface area contributed by atoms with Crippen molar-refractivity contribution >= 4 is 0 Å². The molecule has 6 unspecified atom stereocenters. The molecular weight excluding hydrogens is 296 g/mol. The van der Waals surface area contributed by atoms with Crippen molar-refractivity contribution < 1.29 is 9.47 Å². The molecule has 0 heterocycles. The van der Waals surface area contributed by atoms with Gasteiger partial charge in [0.1, 0.15) is 0 Å². The molecule has 3 fully saturated rings. The second-order valence-corrected chi connectivity index (χ2v) is 9.68. The lowest BCUT2D eigenvalue weighted by Crippen LogP contribution is -2.34. The minimum Gasteiger partial charge on any atom is -0.375 e. The number of hydrogen-bond acceptors (Lipinski definition) is 2. The van der Waals surface area contributed by atoms with Gasteiger partial charge in [-0.1, -0.05) is 34.1 Å². The SMILES string of the molecule is CC(C)C(CC1CCCC1O[C@@H](C)C(C)C)OC1CC2CCC1C2. The summed E-state index contributed by atoms with van der Waals surface area (Å²) < 4.78 is 13.1. The van der Waals surface area contributed by atoms with Gasteiger partial charge in [0.15, 0.2) is 0 Å². The highest BCUT2D eigenvalue weighted by atomic mass is 16.5. The monoisotopic (exact) mass is 336 g/mol. The molecule has 0 aliphatic heterocycles. The Morgan fingerprint density at radius 1 is 0.792 bits per heavy atom. The van der Waals surface area contributed by atoms with Gasteiger partial charge >= 0.3 is 0 Å². The normalized spacial score (nSPS) is 38.4. The Morgan fingerprint density at radius 3 is 2.17 bits per heavy atom. The molecule has 0 aromatic carbocycles. The minimum atomic E-state index is 0.375. The third-order valence-electron chi connectivity index (χ3n) is 7.22. The standard InChI is InChI=1S/C22H40O2/c1-14(2)16(5)23-20-8-6-7-18(20)13-21(15(3)4)24-22-12-17-9-10-19(22)11-17/h14-22H,6-13H2,1-5H3/t16-,17?,18?,19?,20?,21?,22?/m0/s1. The van der Waals surface area contributed by atoms with Gasteiger partial charge in [-0.25, -0.2) is 0 Å². The van der Waals surface area contributed by atoms with Crippen molar-refractivity contribution in [2.24, 2.45) is 29.6 Å². The highest BCUT2D eigenvalue weighted by molar-refractivity contribution is 4.92. The van der Waals surface area contributed by atoms with Crippen molar-refractivity contribution in [3.63, 3.8) is 0 Å². The Bertz CT molecular complexity index is 391. The Balaban J connectivity index is 1.54. The van der Waals surface area contributed by atoms with Gasteiger partial charge in [0.05, 0.1) is 24.4 Å². The highest BCUT2D eigenvalue weighted by Crippen LogP contribution is 2.47. The van der Waals surface area contributed by atoms with Crippen LogP contribution >= 0.6 is 0 Å². The van der Waals surface area contributed by atoms with Crippen LogP contribution < -0.4 is 0 Å². The van der Waals surface area contributed by atoms with E-state index >= 15 is 0 Å². The third-order valence-corrected chi connectivity index (χ3v) is 7.22. The van der Waals surface area contributed by atoms with Crippen molar-refractivity contribution in [2.45, 2.75) is 110 Å². The molecule has 2 heteroatoms. The first kappa shape index (κ1) is 18.7. The largest absolute Gasteiger partial charge is 0.375 e. The zero-order chi connectivity index (χ0) is 17.3. The molecule has 2 bridgehead atoms. The second kappa shape index (κ2) is 8.08. The number of fused-ring (bicyclic) bond motifs is 2. The maximum Gasteiger partial charge on any atom is 0.0609 e. The van der Waals surface area contributed by atoms with Crippen LogP contribution in [-0.2, 0) is 9.47 Å². The summed E-state index contributed by atoms with van der Waals surface area (Å²) >= 11 is 0. The average Bonchev–Trinajstić information content (AvgIpc) is 3.23. The van der Waals surface area contributed by atoms with Gasteiger partial charge in [-0.2, -0.15) is 0 Å². The summed E-state index contributed by atoms with van der Waals surface area (Å²) in [6, 6.07) is 0. The highest BCUT2D eigenvalue weighted by Gasteiger charge is 2.42. The molecule has 0 aromatic rings. The molecule has 0 saturated heterocycles. The van der Waals surface area contributed by atoms with Crippen LogP contribution in [-0.4, -0.2) is 24.4 Å². The molecule has 24 heavy (non-hydrogen) atoms. The van der Waals surface area contributed by atoms with Crippen molar-refractivity contribution in [2.75, 3.05) is 0 Å². The number of hydrogen-bond donors (Lipinski definition) is 0. The zero-order valence-electron chi connectivity index (χ0n) is 16.7. The van der Waals surface area contributed by atoms with Gasteiger partial charge in [-0.15, -0.1) is 0 Å². The molecule has 140 valence electrons. The van der Waals surface area contributed by atoms with Crippen molar-refractivity contribution in [3.8, 4) is 0 Å². The molecule has 0 N–H and O–H groups in total. The van der Waals surface area contributed by atoms with Crippen LogP contribution in [0, 0.1) is 29.6 Å². The first-order valence-electron chi connectivity index (χ1n) is 10.7. The number of ether oxygens (including phenoxy) is 2. The molecule has 0 amide bonds. The van der Waals surface area contributed by atoms with Crippen LogP contribution in [0.5, 0.6) is 0 Å². The summed E-state index contributed by atoms with van der Waals surface area (Å²) in [6.45, 7) is 11.5. The lowest BCUT2D eigenvalue weighted by Gasteiger charge is -2.33. The molecule has 3 rings (SSSR count). The van der Waals surface area contributed by atoms with E-state index in [9.17, 15) is 0 Å². The predicted octanol–water partition coefficient (Wildman–Crippen LogP) is 5.84. The maximum absolute atomic E-state index is 6.71. The van der Waals surface area contributed by atoms with Gasteiger partial charge in [0.25, 0.3) is 0 Å². The lowest BCUT2D eigenvalue weighted by molar-refractivity contribution is -0.0898. The van der Waals surface area contributed by atoms with E-state index in [4.69, 9.17) is 9.47 Å². The molecule has 0 radical (unpaired) electrons. The maximum atomic E-state index is 6.71. The van der Waals surface area contributed by atoms with Gasteiger partial charge in [0, 0.05) is 0 Å². The van der Waals surface area contributed by atoms with Crippen LogP contribution in [0.3, 0.4) is 0 Å². The number of rotatable bonds is 8. The molecule has 3 aliphatic rings. The third kappa shape index (κ3) is 4.36. The van der Waals surface area contributed by atoms with Gasteiger partial charge in [0.2, 0.25) is 0 Å². The van der Waals surface area contributed by atoms with Crippen molar-refractivity contribution in [1.82, 2.24) is 0 Å². The van der Waals surface area contributed by atoms with Gasteiger partial charge < -0.3 is 9.47 Å². The van der Waals surface area contributed by atoms with E-state index in [1.54, 1.807) is 0 Å².